The van der Waals surface area contributed by atoms with Crippen LogP contribution in [-0.2, 0) is 22.5 Å². The molecule has 2 aliphatic rings. The predicted octanol–water partition coefficient (Wildman–Crippen LogP) is 2.83. The van der Waals surface area contributed by atoms with Crippen molar-refractivity contribution in [2.24, 2.45) is 0 Å². The summed E-state index contributed by atoms with van der Waals surface area (Å²) >= 11 is 2.87. The third kappa shape index (κ3) is 4.72. The van der Waals surface area contributed by atoms with E-state index in [9.17, 15) is 9.59 Å². The number of fused-ring (bicyclic) bond motifs is 3. The average Bonchev–Trinajstić information content (AvgIpc) is 3.49. The summed E-state index contributed by atoms with van der Waals surface area (Å²) in [4.78, 5) is 35.4. The Morgan fingerprint density at radius 3 is 2.91 bits per heavy atom. The standard InChI is InChI=1S/C24H28N4O4S2/c1-27-10-9-18-19(13-27)34-22-21(18)23(30)28(15-5-7-16(31-2)8-6-15)24(26-22)33-14-20(29)25-12-17-4-3-11-32-17/h5-8,17H,3-4,9-14H2,1-2H3,(H,25,29). The van der Waals surface area contributed by atoms with E-state index in [1.807, 2.05) is 24.3 Å². The highest BCUT2D eigenvalue weighted by molar-refractivity contribution is 7.99. The van der Waals surface area contributed by atoms with Gasteiger partial charge >= 0.3 is 0 Å². The lowest BCUT2D eigenvalue weighted by molar-refractivity contribution is -0.119. The zero-order valence-corrected chi connectivity index (χ0v) is 21.0. The number of nitrogens with one attached hydrogen (secondary N) is 1. The normalized spacial score (nSPS) is 18.2. The maximum Gasteiger partial charge on any atom is 0.267 e. The number of thioether (sulfide) groups is 1. The Kier molecular flexibility index (Phi) is 6.91. The highest BCUT2D eigenvalue weighted by Gasteiger charge is 2.25. The molecule has 1 unspecified atom stereocenters. The Morgan fingerprint density at radius 1 is 1.35 bits per heavy atom. The molecule has 1 aromatic carbocycles. The Balaban J connectivity index is 1.48. The van der Waals surface area contributed by atoms with Crippen LogP contribution in [0.4, 0.5) is 0 Å². The average molecular weight is 501 g/mol. The number of nitrogens with zero attached hydrogens (tertiary/aromatic N) is 3. The van der Waals surface area contributed by atoms with Crippen LogP contribution in [0.15, 0.2) is 34.2 Å². The molecule has 1 N–H and O–H groups in total. The van der Waals surface area contributed by atoms with E-state index in [-0.39, 0.29) is 23.3 Å². The Labute approximate surface area is 206 Å². The van der Waals surface area contributed by atoms with Crippen LogP contribution < -0.4 is 15.6 Å². The molecule has 180 valence electrons. The number of aromatic nitrogens is 2. The largest absolute Gasteiger partial charge is 0.497 e. The molecule has 1 amide bonds. The summed E-state index contributed by atoms with van der Waals surface area (Å²) in [6.07, 6.45) is 2.94. The Hall–Kier alpha value is -2.40. The molecule has 0 radical (unpaired) electrons. The molecule has 1 fully saturated rings. The number of benzene rings is 1. The SMILES string of the molecule is COc1ccc(-n2c(SCC(=O)NCC3CCCO3)nc3sc4c(c3c2=O)CCN(C)C4)cc1. The summed E-state index contributed by atoms with van der Waals surface area (Å²) in [5.41, 5.74) is 1.73. The summed E-state index contributed by atoms with van der Waals surface area (Å²) in [6, 6.07) is 7.35. The number of carbonyl (C=O) groups excluding carboxylic acids is 1. The van der Waals surface area contributed by atoms with Gasteiger partial charge in [0.15, 0.2) is 5.16 Å². The molecular formula is C24H28N4O4S2. The van der Waals surface area contributed by atoms with Gasteiger partial charge < -0.3 is 19.7 Å². The van der Waals surface area contributed by atoms with E-state index < -0.39 is 0 Å². The second kappa shape index (κ2) is 10.1. The summed E-state index contributed by atoms with van der Waals surface area (Å²) < 4.78 is 12.5. The van der Waals surface area contributed by atoms with Crippen LogP contribution in [0.2, 0.25) is 0 Å². The fraction of sp³-hybridized carbons (Fsp3) is 0.458. The molecule has 3 aromatic rings. The van der Waals surface area contributed by atoms with E-state index in [0.29, 0.717) is 28.5 Å². The lowest BCUT2D eigenvalue weighted by atomic mass is 10.1. The molecule has 2 aromatic heterocycles. The first kappa shape index (κ1) is 23.3. The van der Waals surface area contributed by atoms with Gasteiger partial charge in [0.2, 0.25) is 5.91 Å². The van der Waals surface area contributed by atoms with Crippen LogP contribution in [0.25, 0.3) is 15.9 Å². The van der Waals surface area contributed by atoms with Crippen molar-refractivity contribution in [3.05, 3.63) is 45.1 Å². The number of thiophene rings is 1. The van der Waals surface area contributed by atoms with Gasteiger partial charge in [0.25, 0.3) is 5.56 Å². The van der Waals surface area contributed by atoms with E-state index in [0.717, 1.165) is 49.4 Å². The second-order valence-corrected chi connectivity index (χ2v) is 10.7. The van der Waals surface area contributed by atoms with Crippen molar-refractivity contribution >= 4 is 39.2 Å². The van der Waals surface area contributed by atoms with Crippen molar-refractivity contribution in [2.75, 3.05) is 39.6 Å². The third-order valence-corrected chi connectivity index (χ3v) is 8.30. The molecule has 0 bridgehead atoms. The van der Waals surface area contributed by atoms with Crippen LogP contribution >= 0.6 is 23.1 Å². The highest BCUT2D eigenvalue weighted by Crippen LogP contribution is 2.34. The Morgan fingerprint density at radius 2 is 2.18 bits per heavy atom. The lowest BCUT2D eigenvalue weighted by Gasteiger charge is -2.21. The topological polar surface area (TPSA) is 85.7 Å². The zero-order chi connectivity index (χ0) is 23.7. The zero-order valence-electron chi connectivity index (χ0n) is 19.3. The molecule has 1 atom stereocenters. The lowest BCUT2D eigenvalue weighted by Crippen LogP contribution is -2.33. The molecule has 0 spiro atoms. The van der Waals surface area contributed by atoms with Crippen molar-refractivity contribution < 1.29 is 14.3 Å². The van der Waals surface area contributed by atoms with E-state index in [2.05, 4.69) is 17.3 Å². The number of likely N-dealkylation sites (N-methyl/N-ethyl adjacent to an activating group) is 1. The van der Waals surface area contributed by atoms with Gasteiger partial charge in [0.05, 0.1) is 30.0 Å². The molecule has 0 saturated carbocycles. The fourth-order valence-electron chi connectivity index (χ4n) is 4.42. The van der Waals surface area contributed by atoms with Crippen LogP contribution in [0, 0.1) is 0 Å². The number of amides is 1. The summed E-state index contributed by atoms with van der Waals surface area (Å²) in [5, 5.41) is 4.17. The monoisotopic (exact) mass is 500 g/mol. The van der Waals surface area contributed by atoms with Crippen LogP contribution in [-0.4, -0.2) is 66.1 Å². The Bertz CT molecular complexity index is 1250. The van der Waals surface area contributed by atoms with Crippen LogP contribution in [0.3, 0.4) is 0 Å². The molecule has 8 nitrogen and oxygen atoms in total. The van der Waals surface area contributed by atoms with Gasteiger partial charge in [-0.3, -0.25) is 14.2 Å². The number of rotatable bonds is 7. The van der Waals surface area contributed by atoms with Gasteiger partial charge in [-0.2, -0.15) is 0 Å². The van der Waals surface area contributed by atoms with E-state index in [1.54, 1.807) is 23.0 Å². The van der Waals surface area contributed by atoms with Gasteiger partial charge in [-0.1, -0.05) is 11.8 Å². The van der Waals surface area contributed by atoms with Crippen molar-refractivity contribution in [2.45, 2.75) is 37.1 Å². The minimum absolute atomic E-state index is 0.0838. The number of carbonyl (C=O) groups is 1. The number of hydrogen-bond donors (Lipinski definition) is 1. The van der Waals surface area contributed by atoms with Crippen molar-refractivity contribution in [3.63, 3.8) is 0 Å². The van der Waals surface area contributed by atoms with Gasteiger partial charge in [-0.05, 0) is 56.1 Å². The molecule has 0 aliphatic carbocycles. The van der Waals surface area contributed by atoms with Gasteiger partial charge in [-0.25, -0.2) is 4.98 Å². The highest BCUT2D eigenvalue weighted by atomic mass is 32.2. The fourth-order valence-corrected chi connectivity index (χ4v) is 6.61. The molecule has 10 heteroatoms. The smallest absolute Gasteiger partial charge is 0.267 e. The van der Waals surface area contributed by atoms with E-state index in [1.165, 1.54) is 16.6 Å². The van der Waals surface area contributed by atoms with Gasteiger partial charge in [-0.15, -0.1) is 11.3 Å². The van der Waals surface area contributed by atoms with Crippen molar-refractivity contribution in [3.8, 4) is 11.4 Å². The molecule has 34 heavy (non-hydrogen) atoms. The summed E-state index contributed by atoms with van der Waals surface area (Å²) in [7, 11) is 3.70. The van der Waals surface area contributed by atoms with Crippen LogP contribution in [0.5, 0.6) is 5.75 Å². The molecule has 4 heterocycles. The summed E-state index contributed by atoms with van der Waals surface area (Å²) in [6.45, 7) is 3.02. The minimum atomic E-state index is -0.0942. The van der Waals surface area contributed by atoms with Crippen LogP contribution in [0.1, 0.15) is 23.3 Å². The molecule has 5 rings (SSSR count). The van der Waals surface area contributed by atoms with Crippen molar-refractivity contribution in [1.29, 1.82) is 0 Å². The van der Waals surface area contributed by atoms with Gasteiger partial charge in [0.1, 0.15) is 10.6 Å². The third-order valence-electron chi connectivity index (χ3n) is 6.25. The first-order valence-corrected chi connectivity index (χ1v) is 13.2. The van der Waals surface area contributed by atoms with E-state index >= 15 is 0 Å². The van der Waals surface area contributed by atoms with E-state index in [4.69, 9.17) is 14.5 Å². The van der Waals surface area contributed by atoms with Gasteiger partial charge in [0, 0.05) is 31.1 Å². The first-order valence-electron chi connectivity index (χ1n) is 11.4. The predicted molar refractivity (Wildman–Crippen MR) is 135 cm³/mol. The first-order chi connectivity index (χ1) is 16.5. The number of hydrogen-bond acceptors (Lipinski definition) is 8. The second-order valence-electron chi connectivity index (χ2n) is 8.63. The van der Waals surface area contributed by atoms with Crippen molar-refractivity contribution in [1.82, 2.24) is 19.8 Å². The maximum absolute atomic E-state index is 13.8. The summed E-state index contributed by atoms with van der Waals surface area (Å²) in [5.74, 6) is 0.794. The molecule has 1 saturated heterocycles. The molecule has 2 aliphatic heterocycles. The number of ether oxygens (including phenoxy) is 2. The quantitative estimate of drug-likeness (QED) is 0.394. The number of methoxy groups -OCH3 is 1. The molecular weight excluding hydrogens is 472 g/mol. The maximum atomic E-state index is 13.8. The minimum Gasteiger partial charge on any atom is -0.497 e.